The van der Waals surface area contributed by atoms with Crippen LogP contribution in [0.25, 0.3) is 28.1 Å². The van der Waals surface area contributed by atoms with Gasteiger partial charge in [-0.3, -0.25) is 4.40 Å². The first-order chi connectivity index (χ1) is 14.2. The number of rotatable bonds is 5. The minimum atomic E-state index is 0.970. The monoisotopic (exact) mass is 451 g/mol. The molecule has 2 aromatic carbocycles. The number of aromatic nitrogens is 3. The second-order valence-corrected chi connectivity index (χ2v) is 8.86. The topological polar surface area (TPSA) is 28.7 Å². The van der Waals surface area contributed by atoms with Gasteiger partial charge in [0, 0.05) is 43.4 Å². The second-order valence-electron chi connectivity index (χ2n) is 7.94. The molecule has 1 aliphatic heterocycles. The second kappa shape index (κ2) is 7.94. The molecule has 1 fully saturated rings. The van der Waals surface area contributed by atoms with Crippen LogP contribution < -0.4 is 0 Å². The Bertz CT molecular complexity index is 1120. The van der Waals surface area contributed by atoms with E-state index in [0.717, 1.165) is 35.3 Å². The van der Waals surface area contributed by atoms with Crippen molar-refractivity contribution >= 4 is 32.7 Å². The summed E-state index contributed by atoms with van der Waals surface area (Å²) in [5.41, 5.74) is 4.67. The molecular weight excluding hydrogens is 426 g/mol. The average molecular weight is 452 g/mol. The van der Waals surface area contributed by atoms with E-state index < -0.39 is 0 Å². The zero-order valence-corrected chi connectivity index (χ0v) is 18.3. The summed E-state index contributed by atoms with van der Waals surface area (Å²) in [5, 5.41) is 0. The van der Waals surface area contributed by atoms with Crippen LogP contribution >= 0.6 is 15.9 Å². The zero-order valence-electron chi connectivity index (χ0n) is 16.8. The van der Waals surface area contributed by atoms with Crippen LogP contribution in [0.3, 0.4) is 0 Å². The van der Waals surface area contributed by atoms with E-state index in [9.17, 15) is 0 Å². The van der Waals surface area contributed by atoms with Crippen molar-refractivity contribution < 1.29 is 0 Å². The molecule has 0 aliphatic carbocycles. The molecule has 0 N–H and O–H groups in total. The summed E-state index contributed by atoms with van der Waals surface area (Å²) < 4.78 is 5.73. The number of benzene rings is 2. The Hall–Kier alpha value is -2.15. The fraction of sp³-hybridized carbons (Fsp3) is 0.348. The van der Waals surface area contributed by atoms with E-state index in [-0.39, 0.29) is 0 Å². The minimum absolute atomic E-state index is 0.970. The fourth-order valence-electron chi connectivity index (χ4n) is 4.24. The molecule has 5 rings (SSSR count). The maximum atomic E-state index is 4.95. The molecule has 1 saturated heterocycles. The quantitative estimate of drug-likeness (QED) is 0.451. The normalized spacial score (nSPS) is 16.2. The molecule has 5 nitrogen and oxygen atoms in total. The van der Waals surface area contributed by atoms with Crippen molar-refractivity contribution in [1.82, 2.24) is 23.8 Å². The van der Waals surface area contributed by atoms with Crippen molar-refractivity contribution in [2.45, 2.75) is 13.0 Å². The number of hydrogen-bond acceptors (Lipinski definition) is 3. The lowest BCUT2D eigenvalue weighted by molar-refractivity contribution is 0.151. The van der Waals surface area contributed by atoms with Gasteiger partial charge in [0.1, 0.15) is 0 Å². The van der Waals surface area contributed by atoms with E-state index in [4.69, 9.17) is 4.98 Å². The predicted molar refractivity (Wildman–Crippen MR) is 122 cm³/mol. The maximum absolute atomic E-state index is 4.95. The molecular formula is C23H26BrN5. The molecule has 3 heterocycles. The smallest absolute Gasteiger partial charge is 0.215 e. The first kappa shape index (κ1) is 18.9. The highest BCUT2D eigenvalue weighted by atomic mass is 79.9. The number of piperazine rings is 1. The van der Waals surface area contributed by atoms with Gasteiger partial charge in [-0.2, -0.15) is 0 Å². The van der Waals surface area contributed by atoms with Gasteiger partial charge in [-0.05, 0) is 49.8 Å². The van der Waals surface area contributed by atoms with Gasteiger partial charge in [0.05, 0.1) is 16.7 Å². The van der Waals surface area contributed by atoms with Crippen molar-refractivity contribution in [1.29, 1.82) is 0 Å². The summed E-state index contributed by atoms with van der Waals surface area (Å²) >= 11 is 3.55. The Morgan fingerprint density at radius 2 is 1.69 bits per heavy atom. The van der Waals surface area contributed by atoms with Gasteiger partial charge in [0.2, 0.25) is 5.78 Å². The largest absolute Gasteiger partial charge is 0.310 e. The highest BCUT2D eigenvalue weighted by Crippen LogP contribution is 2.28. The van der Waals surface area contributed by atoms with E-state index in [2.05, 4.69) is 96.5 Å². The molecule has 2 aromatic heterocycles. The number of aryl methyl sites for hydroxylation is 1. The van der Waals surface area contributed by atoms with Gasteiger partial charge < -0.3 is 14.4 Å². The average Bonchev–Trinajstić information content (AvgIpc) is 3.27. The highest BCUT2D eigenvalue weighted by molar-refractivity contribution is 9.10. The SMILES string of the molecule is CN1CCN(CCCn2c(-c3ccc(Br)cc3)cn3c4ccccc4nc23)CC1. The Labute approximate surface area is 179 Å². The third-order valence-corrected chi connectivity index (χ3v) is 6.48. The van der Waals surface area contributed by atoms with Crippen molar-refractivity contribution in [2.24, 2.45) is 0 Å². The lowest BCUT2D eigenvalue weighted by Crippen LogP contribution is -2.44. The molecule has 29 heavy (non-hydrogen) atoms. The molecule has 4 aromatic rings. The maximum Gasteiger partial charge on any atom is 0.215 e. The molecule has 0 bridgehead atoms. The number of para-hydroxylation sites is 2. The molecule has 0 amide bonds. The Morgan fingerprint density at radius 3 is 2.48 bits per heavy atom. The van der Waals surface area contributed by atoms with Crippen LogP contribution in [0, 0.1) is 0 Å². The number of fused-ring (bicyclic) bond motifs is 3. The number of likely N-dealkylation sites (N-methyl/N-ethyl adjacent to an activating group) is 1. The van der Waals surface area contributed by atoms with Crippen LogP contribution in [0.5, 0.6) is 0 Å². The molecule has 1 aliphatic rings. The Morgan fingerprint density at radius 1 is 0.931 bits per heavy atom. The predicted octanol–water partition coefficient (Wildman–Crippen LogP) is 4.36. The van der Waals surface area contributed by atoms with E-state index in [0.29, 0.717) is 0 Å². The third kappa shape index (κ3) is 3.72. The molecule has 0 radical (unpaired) electrons. The standard InChI is InChI=1S/C23H26BrN5/c1-26-13-15-27(16-14-26)11-4-12-28-22(18-7-9-19(24)10-8-18)17-29-21-6-3-2-5-20(21)25-23(28)29/h2-3,5-10,17H,4,11-16H2,1H3. The summed E-state index contributed by atoms with van der Waals surface area (Å²) in [7, 11) is 2.21. The van der Waals surface area contributed by atoms with Crippen LogP contribution in [0.1, 0.15) is 6.42 Å². The van der Waals surface area contributed by atoms with Crippen LogP contribution in [0.2, 0.25) is 0 Å². The molecule has 6 heteroatoms. The summed E-state index contributed by atoms with van der Waals surface area (Å²) in [6, 6.07) is 17.0. The minimum Gasteiger partial charge on any atom is -0.310 e. The van der Waals surface area contributed by atoms with E-state index in [1.54, 1.807) is 0 Å². The zero-order chi connectivity index (χ0) is 19.8. The lowest BCUT2D eigenvalue weighted by Gasteiger charge is -2.32. The number of halogens is 1. The van der Waals surface area contributed by atoms with Crippen molar-refractivity contribution in [3.63, 3.8) is 0 Å². The van der Waals surface area contributed by atoms with Crippen LogP contribution in [-0.2, 0) is 6.54 Å². The molecule has 0 spiro atoms. The summed E-state index contributed by atoms with van der Waals surface area (Å²) in [6.45, 7) is 6.79. The van der Waals surface area contributed by atoms with Gasteiger partial charge in [-0.25, -0.2) is 4.98 Å². The summed E-state index contributed by atoms with van der Waals surface area (Å²) in [4.78, 5) is 9.95. The Kier molecular flexibility index (Phi) is 5.16. The van der Waals surface area contributed by atoms with E-state index >= 15 is 0 Å². The molecule has 0 saturated carbocycles. The first-order valence-electron chi connectivity index (χ1n) is 10.3. The van der Waals surface area contributed by atoms with Crippen molar-refractivity contribution in [2.75, 3.05) is 39.8 Å². The van der Waals surface area contributed by atoms with Gasteiger partial charge in [-0.15, -0.1) is 0 Å². The van der Waals surface area contributed by atoms with Crippen molar-refractivity contribution in [3.05, 3.63) is 59.2 Å². The summed E-state index contributed by atoms with van der Waals surface area (Å²) in [5.74, 6) is 1.03. The third-order valence-electron chi connectivity index (χ3n) is 5.95. The number of imidazole rings is 2. The lowest BCUT2D eigenvalue weighted by atomic mass is 10.1. The van der Waals surface area contributed by atoms with Crippen LogP contribution in [0.4, 0.5) is 0 Å². The first-order valence-corrected chi connectivity index (χ1v) is 11.1. The van der Waals surface area contributed by atoms with E-state index in [1.165, 1.54) is 43.0 Å². The van der Waals surface area contributed by atoms with E-state index in [1.807, 2.05) is 0 Å². The number of nitrogens with zero attached hydrogens (tertiary/aromatic N) is 5. The summed E-state index contributed by atoms with van der Waals surface area (Å²) in [6.07, 6.45) is 3.37. The fourth-order valence-corrected chi connectivity index (χ4v) is 4.51. The molecule has 0 unspecified atom stereocenters. The van der Waals surface area contributed by atoms with Crippen LogP contribution in [-0.4, -0.2) is 63.5 Å². The highest BCUT2D eigenvalue weighted by Gasteiger charge is 2.17. The Balaban J connectivity index is 1.47. The van der Waals surface area contributed by atoms with Crippen LogP contribution in [0.15, 0.2) is 59.2 Å². The van der Waals surface area contributed by atoms with Gasteiger partial charge in [0.15, 0.2) is 0 Å². The van der Waals surface area contributed by atoms with Crippen molar-refractivity contribution in [3.8, 4) is 11.3 Å². The van der Waals surface area contributed by atoms with Gasteiger partial charge in [0.25, 0.3) is 0 Å². The number of hydrogen-bond donors (Lipinski definition) is 0. The molecule has 0 atom stereocenters. The van der Waals surface area contributed by atoms with Gasteiger partial charge in [-0.1, -0.05) is 40.2 Å². The molecule has 150 valence electrons. The van der Waals surface area contributed by atoms with Gasteiger partial charge >= 0.3 is 0 Å².